The SMILES string of the molecule is C=C1/C=C\C=C/Cc2ccccc2C1(c1ccccc1)c1cccc(NC2C=c3sc4ccccc4c3=CC2)c1. The summed E-state index contributed by atoms with van der Waals surface area (Å²) in [6, 6.07) is 37.6. The Hall–Kier alpha value is -4.40. The molecule has 0 fully saturated rings. The van der Waals surface area contributed by atoms with Crippen molar-refractivity contribution >= 4 is 39.3 Å². The second kappa shape index (κ2) is 10.3. The van der Waals surface area contributed by atoms with Crippen LogP contribution >= 0.6 is 11.3 Å². The van der Waals surface area contributed by atoms with E-state index in [9.17, 15) is 0 Å². The number of nitrogens with one attached hydrogen (secondary N) is 1. The molecule has 1 aromatic heterocycles. The fourth-order valence-electron chi connectivity index (χ4n) is 6.42. The van der Waals surface area contributed by atoms with Gasteiger partial charge in [0, 0.05) is 21.0 Å². The van der Waals surface area contributed by atoms with Crippen molar-refractivity contribution in [3.8, 4) is 0 Å². The summed E-state index contributed by atoms with van der Waals surface area (Å²) in [5.41, 5.74) is 6.71. The van der Waals surface area contributed by atoms with E-state index >= 15 is 0 Å². The van der Waals surface area contributed by atoms with Gasteiger partial charge in [0.15, 0.2) is 0 Å². The maximum absolute atomic E-state index is 4.70. The van der Waals surface area contributed by atoms with Gasteiger partial charge in [-0.25, -0.2) is 0 Å². The third kappa shape index (κ3) is 4.16. The average molecular weight is 534 g/mol. The van der Waals surface area contributed by atoms with Gasteiger partial charge < -0.3 is 5.32 Å². The van der Waals surface area contributed by atoms with E-state index < -0.39 is 5.41 Å². The van der Waals surface area contributed by atoms with Crippen LogP contribution in [0.15, 0.2) is 140 Å². The predicted molar refractivity (Wildman–Crippen MR) is 172 cm³/mol. The summed E-state index contributed by atoms with van der Waals surface area (Å²) in [5, 5.41) is 6.60. The molecule has 2 atom stereocenters. The lowest BCUT2D eigenvalue weighted by Gasteiger charge is -2.38. The van der Waals surface area contributed by atoms with Crippen LogP contribution in [0.5, 0.6) is 0 Å². The van der Waals surface area contributed by atoms with Gasteiger partial charge in [-0.15, -0.1) is 11.3 Å². The smallest absolute Gasteiger partial charge is 0.0699 e. The highest BCUT2D eigenvalue weighted by atomic mass is 32.1. The number of hydrogen-bond donors (Lipinski definition) is 1. The molecule has 2 aliphatic carbocycles. The minimum Gasteiger partial charge on any atom is -0.378 e. The van der Waals surface area contributed by atoms with Crippen molar-refractivity contribution < 1.29 is 0 Å². The molecule has 2 aliphatic rings. The number of allylic oxidation sites excluding steroid dienone is 5. The molecule has 40 heavy (non-hydrogen) atoms. The molecule has 4 aromatic carbocycles. The molecule has 1 N–H and O–H groups in total. The molecule has 194 valence electrons. The highest BCUT2D eigenvalue weighted by Gasteiger charge is 2.40. The summed E-state index contributed by atoms with van der Waals surface area (Å²) in [6.07, 6.45) is 15.3. The Balaban J connectivity index is 1.36. The van der Waals surface area contributed by atoms with E-state index in [0.717, 1.165) is 24.1 Å². The molecular formula is C38H31NS. The van der Waals surface area contributed by atoms with Crippen LogP contribution in [0.1, 0.15) is 28.7 Å². The zero-order valence-corrected chi connectivity index (χ0v) is 23.2. The Bertz CT molecular complexity index is 1910. The van der Waals surface area contributed by atoms with E-state index in [4.69, 9.17) is 6.58 Å². The van der Waals surface area contributed by atoms with Crippen molar-refractivity contribution in [2.75, 3.05) is 5.32 Å². The number of thiophene rings is 1. The average Bonchev–Trinajstić information content (AvgIpc) is 3.39. The van der Waals surface area contributed by atoms with Crippen LogP contribution in [-0.4, -0.2) is 6.04 Å². The van der Waals surface area contributed by atoms with E-state index in [1.165, 1.54) is 42.1 Å². The summed E-state index contributed by atoms with van der Waals surface area (Å²) in [7, 11) is 0. The zero-order chi connectivity index (χ0) is 26.9. The third-order valence-corrected chi connectivity index (χ3v) is 9.38. The van der Waals surface area contributed by atoms with Gasteiger partial charge in [0.2, 0.25) is 0 Å². The van der Waals surface area contributed by atoms with Gasteiger partial charge in [-0.1, -0.05) is 122 Å². The Morgan fingerprint density at radius 3 is 2.52 bits per heavy atom. The maximum Gasteiger partial charge on any atom is 0.0699 e. The Morgan fingerprint density at radius 2 is 1.60 bits per heavy atom. The molecule has 5 aromatic rings. The largest absolute Gasteiger partial charge is 0.378 e. The van der Waals surface area contributed by atoms with Crippen LogP contribution < -0.4 is 15.1 Å². The third-order valence-electron chi connectivity index (χ3n) is 8.23. The van der Waals surface area contributed by atoms with E-state index in [1.807, 2.05) is 11.3 Å². The van der Waals surface area contributed by atoms with Crippen LogP contribution in [0.3, 0.4) is 0 Å². The Morgan fingerprint density at radius 1 is 0.800 bits per heavy atom. The quantitative estimate of drug-likeness (QED) is 0.248. The topological polar surface area (TPSA) is 12.0 Å². The minimum atomic E-state index is -0.515. The molecule has 2 unspecified atom stereocenters. The highest BCUT2D eigenvalue weighted by Crippen LogP contribution is 2.47. The maximum atomic E-state index is 4.70. The summed E-state index contributed by atoms with van der Waals surface area (Å²) < 4.78 is 2.71. The van der Waals surface area contributed by atoms with Crippen LogP contribution in [0, 0.1) is 0 Å². The number of rotatable bonds is 4. The standard InChI is InChI=1S/C38H31NS/c1-27-13-4-2-5-14-28-15-8-10-21-35(28)38(27,29-16-6-3-7-17-29)30-18-12-19-31(25-30)39-32-23-24-34-33-20-9-11-22-36(33)40-37(34)26-32/h2-13,15-22,24-26,32,39H,1,14,23H2/b5-2-,13-4-. The monoisotopic (exact) mass is 533 g/mol. The number of anilines is 1. The van der Waals surface area contributed by atoms with Crippen molar-refractivity contribution in [1.82, 2.24) is 0 Å². The summed E-state index contributed by atoms with van der Waals surface area (Å²) in [5.74, 6) is 0. The molecule has 1 heterocycles. The van der Waals surface area contributed by atoms with Crippen LogP contribution in [-0.2, 0) is 11.8 Å². The predicted octanol–water partition coefficient (Wildman–Crippen LogP) is 7.91. The van der Waals surface area contributed by atoms with Gasteiger partial charge >= 0.3 is 0 Å². The molecule has 0 saturated carbocycles. The van der Waals surface area contributed by atoms with Crippen LogP contribution in [0.4, 0.5) is 5.69 Å². The Labute approximate surface area is 239 Å². The van der Waals surface area contributed by atoms with E-state index in [1.54, 1.807) is 0 Å². The minimum absolute atomic E-state index is 0.239. The van der Waals surface area contributed by atoms with Gasteiger partial charge in [-0.05, 0) is 75.5 Å². The fourth-order valence-corrected chi connectivity index (χ4v) is 7.62. The van der Waals surface area contributed by atoms with Crippen molar-refractivity contribution in [1.29, 1.82) is 0 Å². The first-order valence-electron chi connectivity index (χ1n) is 14.0. The number of hydrogen-bond acceptors (Lipinski definition) is 2. The Kier molecular flexibility index (Phi) is 6.34. The summed E-state index contributed by atoms with van der Waals surface area (Å²) in [4.78, 5) is 0. The first-order valence-corrected chi connectivity index (χ1v) is 14.8. The molecule has 0 saturated heterocycles. The lowest BCUT2D eigenvalue weighted by Crippen LogP contribution is -2.33. The van der Waals surface area contributed by atoms with E-state index in [0.29, 0.717) is 0 Å². The van der Waals surface area contributed by atoms with Crippen LogP contribution in [0.2, 0.25) is 0 Å². The fraction of sp³-hybridized carbons (Fsp3) is 0.105. The molecule has 1 nitrogen and oxygen atoms in total. The second-order valence-electron chi connectivity index (χ2n) is 10.6. The van der Waals surface area contributed by atoms with Gasteiger partial charge in [0.05, 0.1) is 5.41 Å². The molecule has 7 rings (SSSR count). The molecular weight excluding hydrogens is 502 g/mol. The summed E-state index contributed by atoms with van der Waals surface area (Å²) in [6.45, 7) is 4.70. The van der Waals surface area contributed by atoms with Gasteiger partial charge in [-0.2, -0.15) is 0 Å². The molecule has 0 amide bonds. The lowest BCUT2D eigenvalue weighted by molar-refractivity contribution is 0.737. The number of benzene rings is 4. The van der Waals surface area contributed by atoms with Gasteiger partial charge in [0.1, 0.15) is 0 Å². The molecule has 0 bridgehead atoms. The number of fused-ring (bicyclic) bond motifs is 4. The zero-order valence-electron chi connectivity index (χ0n) is 22.4. The van der Waals surface area contributed by atoms with Crippen molar-refractivity contribution in [2.45, 2.75) is 24.3 Å². The normalized spacial score (nSPS) is 21.5. The van der Waals surface area contributed by atoms with Crippen molar-refractivity contribution in [2.24, 2.45) is 0 Å². The second-order valence-corrected chi connectivity index (χ2v) is 11.7. The molecule has 2 heteroatoms. The molecule has 0 radical (unpaired) electrons. The highest BCUT2D eigenvalue weighted by molar-refractivity contribution is 7.17. The molecule has 0 spiro atoms. The van der Waals surface area contributed by atoms with Gasteiger partial charge in [0.25, 0.3) is 0 Å². The lowest BCUT2D eigenvalue weighted by atomic mass is 9.63. The summed E-state index contributed by atoms with van der Waals surface area (Å²) >= 11 is 1.88. The van der Waals surface area contributed by atoms with E-state index in [-0.39, 0.29) is 6.04 Å². The van der Waals surface area contributed by atoms with Crippen molar-refractivity contribution in [3.63, 3.8) is 0 Å². The first kappa shape index (κ1) is 24.6. The molecule has 0 aliphatic heterocycles. The first-order chi connectivity index (χ1) is 19.7. The van der Waals surface area contributed by atoms with Crippen LogP contribution in [0.25, 0.3) is 22.2 Å². The van der Waals surface area contributed by atoms with Gasteiger partial charge in [-0.3, -0.25) is 0 Å². The van der Waals surface area contributed by atoms with E-state index in [2.05, 4.69) is 145 Å². The van der Waals surface area contributed by atoms with Crippen molar-refractivity contribution in [3.05, 3.63) is 172 Å².